The smallest absolute Gasteiger partial charge is 0.390 e. The van der Waals surface area contributed by atoms with Gasteiger partial charge in [-0.15, -0.1) is 0 Å². The summed E-state index contributed by atoms with van der Waals surface area (Å²) in [6.45, 7) is 7.74. The Bertz CT molecular complexity index is 1670. The van der Waals surface area contributed by atoms with Crippen molar-refractivity contribution in [1.29, 1.82) is 0 Å². The van der Waals surface area contributed by atoms with Gasteiger partial charge in [-0.25, -0.2) is 8.42 Å². The van der Waals surface area contributed by atoms with Crippen molar-refractivity contribution in [2.45, 2.75) is 70.7 Å². The van der Waals surface area contributed by atoms with Crippen LogP contribution in [0.1, 0.15) is 76.3 Å². The molecule has 3 heterocycles. The summed E-state index contributed by atoms with van der Waals surface area (Å²) in [7, 11) is -3.86. The van der Waals surface area contributed by atoms with Crippen molar-refractivity contribution in [3.05, 3.63) is 74.7 Å². The van der Waals surface area contributed by atoms with Crippen LogP contribution in [-0.4, -0.2) is 77.7 Å². The number of halogens is 3. The van der Waals surface area contributed by atoms with Crippen molar-refractivity contribution in [2.75, 3.05) is 26.2 Å². The third-order valence-corrected chi connectivity index (χ3v) is 10.6. The standard InChI is InChI=1S/C32H37F3N4O5S/c1-20-17-24(28(40)38-12-8-30(4,42)9-13-38)18-21(2)25(20)7-16-45(43,44)39-14-10-31(11-15-39)29(41)36-27(37-31)23-5-6-26(22(3)19-23)32(33,34)35/h5-7,16-19,42H,8-15H2,1-4H3,(H,36,37,41)/b16-7+. The summed E-state index contributed by atoms with van der Waals surface area (Å²) in [4.78, 5) is 32.3. The predicted molar refractivity (Wildman–Crippen MR) is 164 cm³/mol. The molecule has 13 heteroatoms. The van der Waals surface area contributed by atoms with Crippen LogP contribution in [0.2, 0.25) is 0 Å². The molecule has 2 N–H and O–H groups in total. The molecule has 2 aromatic rings. The quantitative estimate of drug-likeness (QED) is 0.502. The zero-order chi connectivity index (χ0) is 32.9. The lowest BCUT2D eigenvalue weighted by Gasteiger charge is -2.36. The van der Waals surface area contributed by atoms with E-state index in [1.165, 1.54) is 29.4 Å². The molecule has 242 valence electrons. The van der Waals surface area contributed by atoms with Crippen molar-refractivity contribution >= 4 is 33.7 Å². The average molecular weight is 647 g/mol. The van der Waals surface area contributed by atoms with Crippen LogP contribution in [0.3, 0.4) is 0 Å². The lowest BCUT2D eigenvalue weighted by Crippen LogP contribution is -2.50. The molecular weight excluding hydrogens is 609 g/mol. The number of hydrogen-bond donors (Lipinski definition) is 2. The molecule has 0 aromatic heterocycles. The average Bonchev–Trinajstić information content (AvgIpc) is 3.26. The van der Waals surface area contributed by atoms with E-state index < -0.39 is 38.8 Å². The number of amidine groups is 1. The lowest BCUT2D eigenvalue weighted by molar-refractivity contribution is -0.138. The molecule has 0 aliphatic carbocycles. The third-order valence-electron chi connectivity index (χ3n) is 9.07. The highest BCUT2D eigenvalue weighted by Gasteiger charge is 2.47. The largest absolute Gasteiger partial charge is 0.416 e. The Morgan fingerprint density at radius 1 is 0.978 bits per heavy atom. The summed E-state index contributed by atoms with van der Waals surface area (Å²) in [6.07, 6.45) is -1.73. The van der Waals surface area contributed by atoms with Crippen molar-refractivity contribution in [3.63, 3.8) is 0 Å². The van der Waals surface area contributed by atoms with Crippen LogP contribution in [0.15, 0.2) is 40.7 Å². The molecule has 0 bridgehead atoms. The number of aliphatic imine (C=N–C) groups is 1. The van der Waals surface area contributed by atoms with E-state index in [2.05, 4.69) is 10.3 Å². The molecule has 5 rings (SSSR count). The van der Waals surface area contributed by atoms with Crippen LogP contribution < -0.4 is 5.32 Å². The number of carbonyl (C=O) groups excluding carboxylic acids is 2. The number of aliphatic hydroxyl groups is 1. The number of nitrogens with zero attached hydrogens (tertiary/aromatic N) is 3. The number of rotatable bonds is 5. The zero-order valence-electron chi connectivity index (χ0n) is 25.7. The molecule has 0 unspecified atom stereocenters. The Morgan fingerprint density at radius 2 is 1.58 bits per heavy atom. The second kappa shape index (κ2) is 11.7. The number of hydrogen-bond acceptors (Lipinski definition) is 6. The number of aryl methyl sites for hydroxylation is 3. The van der Waals surface area contributed by atoms with Crippen molar-refractivity contribution in [3.8, 4) is 0 Å². The Labute approximate surface area is 260 Å². The highest BCUT2D eigenvalue weighted by Crippen LogP contribution is 2.35. The Balaban J connectivity index is 1.26. The summed E-state index contributed by atoms with van der Waals surface area (Å²) in [5.41, 5.74) is 0.314. The maximum absolute atomic E-state index is 13.3. The highest BCUT2D eigenvalue weighted by molar-refractivity contribution is 7.92. The minimum Gasteiger partial charge on any atom is -0.390 e. The van der Waals surface area contributed by atoms with Crippen LogP contribution in [0.4, 0.5) is 13.2 Å². The van der Waals surface area contributed by atoms with Gasteiger partial charge in [0.2, 0.25) is 10.0 Å². The number of amides is 2. The maximum Gasteiger partial charge on any atom is 0.416 e. The molecular formula is C32H37F3N4O5S. The summed E-state index contributed by atoms with van der Waals surface area (Å²) < 4.78 is 67.4. The minimum absolute atomic E-state index is 0.00881. The fraction of sp³-hybridized carbons (Fsp3) is 0.469. The van der Waals surface area contributed by atoms with Crippen LogP contribution in [0.25, 0.3) is 6.08 Å². The van der Waals surface area contributed by atoms with E-state index in [0.29, 0.717) is 42.6 Å². The number of benzene rings is 2. The number of nitrogens with one attached hydrogen (secondary N) is 1. The van der Waals surface area contributed by atoms with E-state index in [1.807, 2.05) is 13.8 Å². The first kappa shape index (κ1) is 32.8. The lowest BCUT2D eigenvalue weighted by atomic mass is 9.89. The number of sulfonamides is 1. The van der Waals surface area contributed by atoms with Gasteiger partial charge in [-0.05, 0) is 106 Å². The minimum atomic E-state index is -4.49. The molecule has 9 nitrogen and oxygen atoms in total. The van der Waals surface area contributed by atoms with Gasteiger partial charge in [-0.2, -0.15) is 17.5 Å². The zero-order valence-corrected chi connectivity index (χ0v) is 26.5. The van der Waals surface area contributed by atoms with Gasteiger partial charge in [0.05, 0.1) is 11.2 Å². The fourth-order valence-corrected chi connectivity index (χ4v) is 7.38. The number of carbonyl (C=O) groups is 2. The van der Waals surface area contributed by atoms with Gasteiger partial charge in [0.15, 0.2) is 0 Å². The first-order chi connectivity index (χ1) is 20.9. The second-order valence-electron chi connectivity index (χ2n) is 12.5. The topological polar surface area (TPSA) is 119 Å². The van der Waals surface area contributed by atoms with Gasteiger partial charge in [-0.3, -0.25) is 14.6 Å². The SMILES string of the molecule is Cc1cc(C2=NC3(CCN(S(=O)(=O)/C=C/c4c(C)cc(C(=O)N5CCC(C)(O)CC5)cc4C)CC3)C(=O)N2)ccc1C(F)(F)F. The molecule has 2 amide bonds. The predicted octanol–water partition coefficient (Wildman–Crippen LogP) is 4.33. The van der Waals surface area contributed by atoms with Crippen LogP contribution in [0, 0.1) is 20.8 Å². The molecule has 2 fully saturated rings. The molecule has 0 atom stereocenters. The molecule has 1 spiro atoms. The molecule has 3 aliphatic heterocycles. The monoisotopic (exact) mass is 646 g/mol. The summed E-state index contributed by atoms with van der Waals surface area (Å²) in [5, 5.41) is 14.0. The van der Waals surface area contributed by atoms with Crippen LogP contribution in [0.5, 0.6) is 0 Å². The van der Waals surface area contributed by atoms with E-state index in [-0.39, 0.29) is 43.2 Å². The number of alkyl halides is 3. The first-order valence-corrected chi connectivity index (χ1v) is 16.3. The third kappa shape index (κ3) is 6.70. The van der Waals surface area contributed by atoms with E-state index in [9.17, 15) is 36.3 Å². The van der Waals surface area contributed by atoms with Gasteiger partial charge in [0.1, 0.15) is 11.4 Å². The van der Waals surface area contributed by atoms with Crippen LogP contribution >= 0.6 is 0 Å². The fourth-order valence-electron chi connectivity index (χ4n) is 6.21. The van der Waals surface area contributed by atoms with Crippen molar-refractivity contribution in [1.82, 2.24) is 14.5 Å². The number of piperidine rings is 2. The highest BCUT2D eigenvalue weighted by atomic mass is 32.2. The van der Waals surface area contributed by atoms with Gasteiger partial charge in [0, 0.05) is 42.7 Å². The molecule has 2 aromatic carbocycles. The van der Waals surface area contributed by atoms with Crippen LogP contribution in [-0.2, 0) is 21.0 Å². The molecule has 2 saturated heterocycles. The molecule has 45 heavy (non-hydrogen) atoms. The van der Waals surface area contributed by atoms with E-state index in [0.717, 1.165) is 22.6 Å². The van der Waals surface area contributed by atoms with E-state index >= 15 is 0 Å². The summed E-state index contributed by atoms with van der Waals surface area (Å²) >= 11 is 0. The van der Waals surface area contributed by atoms with E-state index in [1.54, 1.807) is 24.0 Å². The first-order valence-electron chi connectivity index (χ1n) is 14.8. The molecule has 3 aliphatic rings. The van der Waals surface area contributed by atoms with Crippen molar-refractivity contribution < 1.29 is 36.3 Å². The summed E-state index contributed by atoms with van der Waals surface area (Å²) in [5.74, 6) is -0.358. The Hall–Kier alpha value is -3.55. The second-order valence-corrected chi connectivity index (χ2v) is 14.4. The normalized spacial score (nSPS) is 20.5. The van der Waals surface area contributed by atoms with E-state index in [4.69, 9.17) is 0 Å². The van der Waals surface area contributed by atoms with Gasteiger partial charge < -0.3 is 15.3 Å². The molecule has 0 saturated carbocycles. The summed E-state index contributed by atoms with van der Waals surface area (Å²) in [6, 6.07) is 7.04. The Morgan fingerprint density at radius 3 is 2.13 bits per heavy atom. The van der Waals surface area contributed by atoms with Gasteiger partial charge in [0.25, 0.3) is 11.8 Å². The number of likely N-dealkylation sites (tertiary alicyclic amines) is 1. The van der Waals surface area contributed by atoms with Gasteiger partial charge in [-0.1, -0.05) is 6.07 Å². The van der Waals surface area contributed by atoms with Crippen molar-refractivity contribution in [2.24, 2.45) is 4.99 Å². The Kier molecular flexibility index (Phi) is 8.51. The molecule has 0 radical (unpaired) electrons. The van der Waals surface area contributed by atoms with Gasteiger partial charge >= 0.3 is 6.18 Å². The maximum atomic E-state index is 13.3.